The molecule has 3 atom stereocenters. The van der Waals surface area contributed by atoms with E-state index in [1.165, 1.54) is 0 Å². The second-order valence-corrected chi connectivity index (χ2v) is 9.85. The van der Waals surface area contributed by atoms with Crippen LogP contribution < -0.4 is 10.1 Å². The number of rotatable bonds is 4. The number of likely N-dealkylation sites (N-methyl/N-ethyl adjacent to an activating group) is 1. The van der Waals surface area contributed by atoms with E-state index in [0.717, 1.165) is 12.8 Å². The lowest BCUT2D eigenvalue weighted by molar-refractivity contribution is -0.136. The van der Waals surface area contributed by atoms with Crippen LogP contribution in [0.25, 0.3) is 0 Å². The van der Waals surface area contributed by atoms with Gasteiger partial charge in [0.25, 0.3) is 11.8 Å². The Morgan fingerprint density at radius 1 is 1.17 bits per heavy atom. The molecule has 1 N–H and O–H groups in total. The van der Waals surface area contributed by atoms with Crippen LogP contribution in [-0.4, -0.2) is 78.7 Å². The maximum Gasteiger partial charge on any atom is 0.277 e. The van der Waals surface area contributed by atoms with Gasteiger partial charge >= 0.3 is 0 Å². The van der Waals surface area contributed by atoms with Crippen molar-refractivity contribution in [1.82, 2.24) is 15.0 Å². The number of methoxy groups -OCH3 is 1. The van der Waals surface area contributed by atoms with Crippen molar-refractivity contribution in [2.45, 2.75) is 45.8 Å². The van der Waals surface area contributed by atoms with Crippen LogP contribution in [0.4, 0.5) is 5.69 Å². The molecule has 2 aromatic rings. The molecule has 2 aliphatic rings. The van der Waals surface area contributed by atoms with Gasteiger partial charge in [-0.15, -0.1) is 0 Å². The van der Waals surface area contributed by atoms with Gasteiger partial charge in [-0.25, -0.2) is 0 Å². The Balaban J connectivity index is 1.63. The lowest BCUT2D eigenvalue weighted by atomic mass is 10.0. The van der Waals surface area contributed by atoms with E-state index < -0.39 is 5.91 Å². The Morgan fingerprint density at radius 3 is 2.56 bits per heavy atom. The summed E-state index contributed by atoms with van der Waals surface area (Å²) in [5.74, 6) is 0.433. The van der Waals surface area contributed by atoms with Gasteiger partial charge in [-0.3, -0.25) is 14.4 Å². The molecule has 1 aliphatic heterocycles. The Hall–Kier alpha value is -3.40. The average Bonchev–Trinajstić information content (AvgIpc) is 3.62. The second kappa shape index (κ2) is 10.7. The van der Waals surface area contributed by atoms with Gasteiger partial charge in [0.2, 0.25) is 5.91 Å². The quantitative estimate of drug-likeness (QED) is 0.689. The van der Waals surface area contributed by atoms with Crippen LogP contribution in [-0.2, 0) is 9.53 Å². The first-order valence-electron chi connectivity index (χ1n) is 12.3. The molecule has 1 aromatic heterocycles. The lowest BCUT2D eigenvalue weighted by Gasteiger charge is -2.36. The summed E-state index contributed by atoms with van der Waals surface area (Å²) >= 11 is 0. The van der Waals surface area contributed by atoms with Gasteiger partial charge in [0.15, 0.2) is 5.69 Å². The van der Waals surface area contributed by atoms with Crippen molar-refractivity contribution in [3.8, 4) is 5.75 Å². The molecule has 1 fully saturated rings. The van der Waals surface area contributed by atoms with Crippen LogP contribution >= 0.6 is 0 Å². The number of anilines is 1. The number of hydrogen-bond donors (Lipinski definition) is 1. The highest BCUT2D eigenvalue weighted by molar-refractivity contribution is 6.04. The Bertz CT molecular complexity index is 1130. The van der Waals surface area contributed by atoms with E-state index >= 15 is 0 Å². The normalized spacial score (nSPS) is 23.2. The summed E-state index contributed by atoms with van der Waals surface area (Å²) < 4.78 is 16.8. The number of amides is 3. The third-order valence-corrected chi connectivity index (χ3v) is 6.77. The van der Waals surface area contributed by atoms with E-state index in [9.17, 15) is 14.4 Å². The van der Waals surface area contributed by atoms with E-state index in [0.29, 0.717) is 35.9 Å². The van der Waals surface area contributed by atoms with Crippen LogP contribution in [0.1, 0.15) is 53.3 Å². The first-order valence-corrected chi connectivity index (χ1v) is 12.3. The van der Waals surface area contributed by atoms with Gasteiger partial charge < -0.3 is 29.1 Å². The van der Waals surface area contributed by atoms with E-state index in [4.69, 9.17) is 14.0 Å². The molecule has 4 rings (SSSR count). The van der Waals surface area contributed by atoms with Gasteiger partial charge in [0, 0.05) is 56.9 Å². The van der Waals surface area contributed by atoms with Crippen molar-refractivity contribution in [3.63, 3.8) is 0 Å². The second-order valence-electron chi connectivity index (χ2n) is 9.85. The molecule has 1 saturated carbocycles. The molecular weight excluding hydrogens is 464 g/mol. The van der Waals surface area contributed by atoms with Crippen molar-refractivity contribution in [3.05, 3.63) is 41.3 Å². The van der Waals surface area contributed by atoms with Crippen molar-refractivity contribution in [2.75, 3.05) is 39.2 Å². The summed E-state index contributed by atoms with van der Waals surface area (Å²) in [5, 5.41) is 6.50. The minimum Gasteiger partial charge on any atom is -0.491 e. The number of fused-ring (bicyclic) bond motifs is 1. The zero-order valence-corrected chi connectivity index (χ0v) is 21.4. The summed E-state index contributed by atoms with van der Waals surface area (Å²) in [6.45, 7) is 6.77. The van der Waals surface area contributed by atoms with Crippen LogP contribution in [0, 0.1) is 18.8 Å². The molecule has 1 aromatic carbocycles. The number of hydrogen-bond acceptors (Lipinski definition) is 7. The standard InChI is InChI=1S/C26H34N4O6/c1-15-12-30(25(32)18-6-7-18)16(2)14-35-22-11-19(27-24(31)21-10-17(3)36-28-21)8-9-20(22)26(33)29(4)13-23(15)34-5/h8-11,15-16,18,23H,6-7,12-14H2,1-5H3,(H,27,31)/t15-,16+,23+/m0/s1. The number of carbonyl (C=O) groups excluding carboxylic acids is 3. The SMILES string of the molecule is CO[C@@H]1CN(C)C(=O)c2ccc(NC(=O)c3cc(C)on3)cc2OC[C@@H](C)N(C(=O)C2CC2)C[C@@H]1C. The molecule has 10 heteroatoms. The van der Waals surface area contributed by atoms with Gasteiger partial charge in [-0.2, -0.15) is 0 Å². The number of carbonyl (C=O) groups is 3. The predicted molar refractivity (Wildman–Crippen MR) is 132 cm³/mol. The van der Waals surface area contributed by atoms with Gasteiger partial charge in [-0.1, -0.05) is 12.1 Å². The number of benzene rings is 1. The Morgan fingerprint density at radius 2 is 1.92 bits per heavy atom. The van der Waals surface area contributed by atoms with Crippen LogP contribution in [0.5, 0.6) is 5.75 Å². The van der Waals surface area contributed by atoms with Crippen molar-refractivity contribution in [2.24, 2.45) is 11.8 Å². The number of nitrogens with zero attached hydrogens (tertiary/aromatic N) is 3. The van der Waals surface area contributed by atoms with Crippen molar-refractivity contribution in [1.29, 1.82) is 0 Å². The number of aryl methyl sites for hydroxylation is 1. The fraction of sp³-hybridized carbons (Fsp3) is 0.538. The summed E-state index contributed by atoms with van der Waals surface area (Å²) in [5.41, 5.74) is 0.964. The van der Waals surface area contributed by atoms with Crippen molar-refractivity contribution < 1.29 is 28.4 Å². The van der Waals surface area contributed by atoms with Crippen LogP contribution in [0.15, 0.2) is 28.8 Å². The third kappa shape index (κ3) is 5.70. The van der Waals surface area contributed by atoms with E-state index in [1.54, 1.807) is 50.2 Å². The molecule has 0 radical (unpaired) electrons. The Labute approximate surface area is 210 Å². The smallest absolute Gasteiger partial charge is 0.277 e. The average molecular weight is 499 g/mol. The maximum absolute atomic E-state index is 13.3. The Kier molecular flexibility index (Phi) is 7.63. The molecule has 2 heterocycles. The summed E-state index contributed by atoms with van der Waals surface area (Å²) in [6.07, 6.45) is 1.59. The van der Waals surface area contributed by atoms with E-state index in [2.05, 4.69) is 10.5 Å². The minimum absolute atomic E-state index is 0.0204. The van der Waals surface area contributed by atoms with Crippen LogP contribution in [0.2, 0.25) is 0 Å². The first-order chi connectivity index (χ1) is 17.2. The largest absolute Gasteiger partial charge is 0.491 e. The molecular formula is C26H34N4O6. The highest BCUT2D eigenvalue weighted by Crippen LogP contribution is 2.33. The molecule has 0 bridgehead atoms. The van der Waals surface area contributed by atoms with Gasteiger partial charge in [-0.05, 0) is 38.8 Å². The fourth-order valence-electron chi connectivity index (χ4n) is 4.39. The van der Waals surface area contributed by atoms with Gasteiger partial charge in [0.1, 0.15) is 18.1 Å². The van der Waals surface area contributed by atoms with Crippen molar-refractivity contribution >= 4 is 23.4 Å². The third-order valence-electron chi connectivity index (χ3n) is 6.77. The molecule has 36 heavy (non-hydrogen) atoms. The summed E-state index contributed by atoms with van der Waals surface area (Å²) in [6, 6.07) is 6.22. The predicted octanol–water partition coefficient (Wildman–Crippen LogP) is 2.98. The molecule has 0 spiro atoms. The number of aromatic nitrogens is 1. The monoisotopic (exact) mass is 498 g/mol. The minimum atomic E-state index is -0.435. The van der Waals surface area contributed by atoms with Gasteiger partial charge in [0.05, 0.1) is 17.7 Å². The molecule has 0 unspecified atom stereocenters. The number of ether oxygens (including phenoxy) is 2. The fourth-order valence-corrected chi connectivity index (χ4v) is 4.39. The molecule has 0 saturated heterocycles. The van der Waals surface area contributed by atoms with E-state index in [1.807, 2.05) is 18.7 Å². The molecule has 194 valence electrons. The summed E-state index contributed by atoms with van der Waals surface area (Å²) in [7, 11) is 3.35. The summed E-state index contributed by atoms with van der Waals surface area (Å²) in [4.78, 5) is 42.5. The van der Waals surface area contributed by atoms with Crippen LogP contribution in [0.3, 0.4) is 0 Å². The number of nitrogens with one attached hydrogen (secondary N) is 1. The topological polar surface area (TPSA) is 114 Å². The zero-order chi connectivity index (χ0) is 26.0. The molecule has 1 aliphatic carbocycles. The molecule has 3 amide bonds. The molecule has 10 nitrogen and oxygen atoms in total. The maximum atomic E-state index is 13.3. The zero-order valence-electron chi connectivity index (χ0n) is 21.4. The highest BCUT2D eigenvalue weighted by atomic mass is 16.5. The highest BCUT2D eigenvalue weighted by Gasteiger charge is 2.37. The lowest BCUT2D eigenvalue weighted by Crippen LogP contribution is -2.49. The first kappa shape index (κ1) is 25.7. The van der Waals surface area contributed by atoms with E-state index in [-0.39, 0.29) is 48.1 Å².